The first-order valence-corrected chi connectivity index (χ1v) is 4.71. The van der Waals surface area contributed by atoms with Gasteiger partial charge < -0.3 is 5.73 Å². The number of nitrogens with zero attached hydrogens (tertiary/aromatic N) is 2. The van der Waals surface area contributed by atoms with E-state index >= 15 is 0 Å². The zero-order valence-corrected chi connectivity index (χ0v) is 7.75. The van der Waals surface area contributed by atoms with Gasteiger partial charge in [0, 0.05) is 0 Å². The molecule has 1 heterocycles. The van der Waals surface area contributed by atoms with Crippen LogP contribution in [-0.2, 0) is 19.0 Å². The van der Waals surface area contributed by atoms with Gasteiger partial charge in [-0.25, -0.2) is 4.28 Å². The second-order valence-electron chi connectivity index (χ2n) is 1.96. The van der Waals surface area contributed by atoms with E-state index < -0.39 is 15.8 Å². The molecule has 2 N–H and O–H groups in total. The summed E-state index contributed by atoms with van der Waals surface area (Å²) in [6, 6.07) is 0. The third kappa shape index (κ3) is 1.93. The number of hydrogen-bond acceptors (Lipinski definition) is 8. The van der Waals surface area contributed by atoms with Crippen molar-refractivity contribution in [3.8, 4) is 0 Å². The van der Waals surface area contributed by atoms with Crippen LogP contribution < -0.4 is 5.73 Å². The maximum absolute atomic E-state index is 10.6. The quantitative estimate of drug-likeness (QED) is 0.543. The molecule has 0 aromatic heterocycles. The number of rotatable bonds is 1. The maximum atomic E-state index is 10.6. The fraction of sp³-hybridized carbons (Fsp3) is 0.667. The molecule has 1 aliphatic heterocycles. The molecular formula is C3H7N3O4S2. The highest BCUT2D eigenvalue weighted by molar-refractivity contribution is 7.82. The van der Waals surface area contributed by atoms with Gasteiger partial charge in [-0.15, -0.1) is 4.28 Å². The Morgan fingerprint density at radius 3 is 2.75 bits per heavy atom. The summed E-state index contributed by atoms with van der Waals surface area (Å²) < 4.78 is 29.5. The number of hydrogen-bond donors (Lipinski definition) is 2. The van der Waals surface area contributed by atoms with E-state index in [-0.39, 0.29) is 5.96 Å². The van der Waals surface area contributed by atoms with Crippen LogP contribution in [0.1, 0.15) is 6.92 Å². The summed E-state index contributed by atoms with van der Waals surface area (Å²) in [5.74, 6) is -0.202. The Balaban J connectivity index is 2.90. The highest BCUT2D eigenvalue weighted by atomic mass is 32.3. The lowest BCUT2D eigenvalue weighted by Crippen LogP contribution is -2.45. The lowest BCUT2D eigenvalue weighted by atomic mass is 10.7. The van der Waals surface area contributed by atoms with E-state index in [0.717, 1.165) is 5.06 Å². The third-order valence-electron chi connectivity index (χ3n) is 0.959. The Bertz CT molecular complexity index is 297. The van der Waals surface area contributed by atoms with Crippen LogP contribution in [0.3, 0.4) is 0 Å². The van der Waals surface area contributed by atoms with Crippen molar-refractivity contribution in [3.63, 3.8) is 0 Å². The average Bonchev–Trinajstić information content (AvgIpc) is 1.94. The molecule has 0 aliphatic carbocycles. The third-order valence-corrected chi connectivity index (χ3v) is 1.77. The standard InChI is InChI=1S/C3H7N3O4S2/c1-2(11)6-3(4)5-9-12(7,8)10-6/h2,11H,1H3,(H2,4,5). The minimum atomic E-state index is -4.10. The monoisotopic (exact) mass is 213 g/mol. The van der Waals surface area contributed by atoms with E-state index in [2.05, 4.69) is 26.4 Å². The topological polar surface area (TPSA) is 94.2 Å². The molecule has 0 radical (unpaired) electrons. The Hall–Kier alpha value is -0.670. The van der Waals surface area contributed by atoms with Crippen molar-refractivity contribution >= 4 is 29.0 Å². The smallest absolute Gasteiger partial charge is 0.365 e. The number of nitrogens with two attached hydrogens (primary N) is 1. The molecule has 0 bridgehead atoms. The van der Waals surface area contributed by atoms with Crippen molar-refractivity contribution in [3.05, 3.63) is 0 Å². The number of oxime groups is 1. The van der Waals surface area contributed by atoms with Gasteiger partial charge in [0.25, 0.3) is 5.96 Å². The van der Waals surface area contributed by atoms with Crippen molar-refractivity contribution in [1.82, 2.24) is 5.06 Å². The fourth-order valence-corrected chi connectivity index (χ4v) is 1.35. The van der Waals surface area contributed by atoms with Crippen LogP contribution in [0.4, 0.5) is 0 Å². The van der Waals surface area contributed by atoms with Crippen molar-refractivity contribution in [2.24, 2.45) is 10.9 Å². The minimum absolute atomic E-state index is 0.202. The molecule has 0 saturated heterocycles. The van der Waals surface area contributed by atoms with Gasteiger partial charge in [0.1, 0.15) is 5.37 Å². The van der Waals surface area contributed by atoms with E-state index in [1.165, 1.54) is 0 Å². The molecule has 0 aromatic carbocycles. The lowest BCUT2D eigenvalue weighted by molar-refractivity contribution is -0.0184. The van der Waals surface area contributed by atoms with E-state index in [9.17, 15) is 8.42 Å². The van der Waals surface area contributed by atoms with Crippen LogP contribution in [0, 0.1) is 0 Å². The second-order valence-corrected chi connectivity index (χ2v) is 3.83. The van der Waals surface area contributed by atoms with Crippen LogP contribution in [0.5, 0.6) is 0 Å². The molecule has 9 heteroatoms. The summed E-state index contributed by atoms with van der Waals surface area (Å²) in [6.07, 6.45) is 0. The number of guanidine groups is 1. The zero-order chi connectivity index (χ0) is 9.35. The van der Waals surface area contributed by atoms with Gasteiger partial charge in [-0.3, -0.25) is 0 Å². The van der Waals surface area contributed by atoms with Crippen molar-refractivity contribution in [2.75, 3.05) is 0 Å². The first-order chi connectivity index (χ1) is 5.42. The summed E-state index contributed by atoms with van der Waals surface area (Å²) in [5.41, 5.74) is 5.21. The van der Waals surface area contributed by atoms with E-state index in [0.29, 0.717) is 0 Å². The normalized spacial score (nSPS) is 24.2. The van der Waals surface area contributed by atoms with Crippen LogP contribution >= 0.6 is 12.6 Å². The van der Waals surface area contributed by atoms with Gasteiger partial charge in [-0.2, -0.15) is 26.1 Å². The molecule has 1 rings (SSSR count). The summed E-state index contributed by atoms with van der Waals surface area (Å²) in [5, 5.41) is 3.32. The molecule has 0 amide bonds. The summed E-state index contributed by atoms with van der Waals surface area (Å²) in [6.45, 7) is 1.56. The predicted octanol–water partition coefficient (Wildman–Crippen LogP) is -1.000. The Labute approximate surface area is 74.8 Å². The molecule has 0 fully saturated rings. The van der Waals surface area contributed by atoms with Gasteiger partial charge in [0.15, 0.2) is 0 Å². The van der Waals surface area contributed by atoms with Crippen LogP contribution in [0.2, 0.25) is 0 Å². The van der Waals surface area contributed by atoms with Gasteiger partial charge in [0.2, 0.25) is 0 Å². The van der Waals surface area contributed by atoms with Gasteiger partial charge in [0.05, 0.1) is 0 Å². The van der Waals surface area contributed by atoms with Crippen molar-refractivity contribution in [1.29, 1.82) is 0 Å². The molecule has 12 heavy (non-hydrogen) atoms. The van der Waals surface area contributed by atoms with Gasteiger partial charge in [-0.05, 0) is 12.1 Å². The molecule has 1 unspecified atom stereocenters. The summed E-state index contributed by atoms with van der Waals surface area (Å²) >= 11 is 3.90. The molecular weight excluding hydrogens is 206 g/mol. The summed E-state index contributed by atoms with van der Waals surface area (Å²) in [4.78, 5) is 0. The first-order valence-electron chi connectivity index (χ1n) is 2.86. The minimum Gasteiger partial charge on any atom is -0.365 e. The molecule has 70 valence electrons. The molecule has 1 aliphatic rings. The second kappa shape index (κ2) is 2.99. The van der Waals surface area contributed by atoms with Gasteiger partial charge in [-0.1, -0.05) is 0 Å². The largest absolute Gasteiger partial charge is 0.491 e. The number of thiol groups is 1. The average molecular weight is 213 g/mol. The maximum Gasteiger partial charge on any atom is 0.491 e. The number of hydroxylamine groups is 2. The van der Waals surface area contributed by atoms with E-state index in [1.54, 1.807) is 6.92 Å². The van der Waals surface area contributed by atoms with Crippen LogP contribution in [0.15, 0.2) is 5.16 Å². The van der Waals surface area contributed by atoms with E-state index in [1.807, 2.05) is 0 Å². The molecule has 1 atom stereocenters. The molecule has 0 saturated carbocycles. The Morgan fingerprint density at radius 1 is 1.75 bits per heavy atom. The lowest BCUT2D eigenvalue weighted by Gasteiger charge is -2.25. The van der Waals surface area contributed by atoms with Gasteiger partial charge >= 0.3 is 10.4 Å². The molecule has 0 spiro atoms. The summed E-state index contributed by atoms with van der Waals surface area (Å²) in [7, 11) is -4.10. The SMILES string of the molecule is CC(S)N1OS(=O)(=O)ON=C1N. The Kier molecular flexibility index (Phi) is 2.35. The molecule has 0 aromatic rings. The van der Waals surface area contributed by atoms with Crippen molar-refractivity contribution < 1.29 is 17.0 Å². The van der Waals surface area contributed by atoms with Crippen LogP contribution in [-0.4, -0.2) is 24.8 Å². The first kappa shape index (κ1) is 9.42. The Morgan fingerprint density at radius 2 is 2.33 bits per heavy atom. The highest BCUT2D eigenvalue weighted by Crippen LogP contribution is 2.13. The highest BCUT2D eigenvalue weighted by Gasteiger charge is 2.29. The molecule has 7 nitrogen and oxygen atoms in total. The van der Waals surface area contributed by atoms with Crippen LogP contribution in [0.25, 0.3) is 0 Å². The predicted molar refractivity (Wildman–Crippen MR) is 43.0 cm³/mol. The fourth-order valence-electron chi connectivity index (χ4n) is 0.528. The zero-order valence-electron chi connectivity index (χ0n) is 6.04. The van der Waals surface area contributed by atoms with E-state index in [4.69, 9.17) is 5.73 Å². The van der Waals surface area contributed by atoms with Crippen molar-refractivity contribution in [2.45, 2.75) is 12.3 Å².